The van der Waals surface area contributed by atoms with Crippen molar-refractivity contribution in [2.45, 2.75) is 13.3 Å². The summed E-state index contributed by atoms with van der Waals surface area (Å²) in [6.45, 7) is 4.72. The van der Waals surface area contributed by atoms with Crippen LogP contribution in [0.4, 0.5) is 5.82 Å². The van der Waals surface area contributed by atoms with Gasteiger partial charge in [0.15, 0.2) is 0 Å². The lowest BCUT2D eigenvalue weighted by molar-refractivity contribution is -0.131. The van der Waals surface area contributed by atoms with E-state index in [-0.39, 0.29) is 5.91 Å². The number of rotatable bonds is 4. The fourth-order valence-corrected chi connectivity index (χ4v) is 3.95. The van der Waals surface area contributed by atoms with E-state index in [1.54, 1.807) is 6.20 Å². The van der Waals surface area contributed by atoms with Gasteiger partial charge in [-0.25, -0.2) is 4.98 Å². The molecule has 0 unspecified atom stereocenters. The molecule has 2 heterocycles. The van der Waals surface area contributed by atoms with Crippen molar-refractivity contribution in [1.29, 1.82) is 0 Å². The lowest BCUT2D eigenvalue weighted by Crippen LogP contribution is -2.48. The highest BCUT2D eigenvalue weighted by molar-refractivity contribution is 6.33. The van der Waals surface area contributed by atoms with Gasteiger partial charge >= 0.3 is 0 Å². The van der Waals surface area contributed by atoms with Crippen LogP contribution in [0.1, 0.15) is 13.3 Å². The Hall–Kier alpha value is -2.63. The molecule has 5 nitrogen and oxygen atoms in total. The van der Waals surface area contributed by atoms with Crippen molar-refractivity contribution in [1.82, 2.24) is 14.9 Å². The molecule has 0 bridgehead atoms. The molecule has 0 spiro atoms. The van der Waals surface area contributed by atoms with Crippen molar-refractivity contribution >= 4 is 34.9 Å². The molecule has 0 N–H and O–H groups in total. The molecule has 3 aromatic rings. The number of hydrogen-bond acceptors (Lipinski definition) is 4. The van der Waals surface area contributed by atoms with Crippen LogP contribution in [0, 0.1) is 0 Å². The van der Waals surface area contributed by atoms with Gasteiger partial charge in [-0.1, -0.05) is 60.5 Å². The fraction of sp³-hybridized carbons (Fsp3) is 0.261. The summed E-state index contributed by atoms with van der Waals surface area (Å²) >= 11 is 12.6. The van der Waals surface area contributed by atoms with Gasteiger partial charge in [-0.05, 0) is 18.2 Å². The third kappa shape index (κ3) is 4.27. The number of amides is 1. The molecule has 0 radical (unpaired) electrons. The zero-order valence-electron chi connectivity index (χ0n) is 16.7. The first-order valence-electron chi connectivity index (χ1n) is 9.97. The first-order valence-corrected chi connectivity index (χ1v) is 10.7. The van der Waals surface area contributed by atoms with Crippen LogP contribution in [-0.4, -0.2) is 47.0 Å². The first kappa shape index (κ1) is 20.6. The quantitative estimate of drug-likeness (QED) is 0.560. The molecular formula is C23H22Cl2N4O. The van der Waals surface area contributed by atoms with E-state index in [9.17, 15) is 4.79 Å². The lowest BCUT2D eigenvalue weighted by Gasteiger charge is -2.35. The van der Waals surface area contributed by atoms with Crippen molar-refractivity contribution in [3.05, 3.63) is 64.8 Å². The maximum absolute atomic E-state index is 12.0. The van der Waals surface area contributed by atoms with Crippen molar-refractivity contribution in [3.8, 4) is 22.5 Å². The summed E-state index contributed by atoms with van der Waals surface area (Å²) in [5.41, 5.74) is 3.24. The highest BCUT2D eigenvalue weighted by Crippen LogP contribution is 2.35. The summed E-state index contributed by atoms with van der Waals surface area (Å²) in [6.07, 6.45) is 2.33. The molecule has 1 saturated heterocycles. The van der Waals surface area contributed by atoms with Crippen molar-refractivity contribution in [3.63, 3.8) is 0 Å². The first-order chi connectivity index (χ1) is 14.6. The van der Waals surface area contributed by atoms with Gasteiger partial charge in [0.2, 0.25) is 5.91 Å². The number of piperazine rings is 1. The number of halogens is 2. The molecule has 0 atom stereocenters. The van der Waals surface area contributed by atoms with E-state index in [0.29, 0.717) is 29.6 Å². The SMILES string of the molecule is CCC(=O)N1CCN(c2cnc(-c3ccc(Cl)cc3)c(-c3ccccc3Cl)n2)CC1. The van der Waals surface area contributed by atoms with Gasteiger partial charge in [0.1, 0.15) is 11.5 Å². The van der Waals surface area contributed by atoms with Crippen LogP contribution < -0.4 is 4.90 Å². The molecule has 1 aliphatic rings. The van der Waals surface area contributed by atoms with E-state index in [0.717, 1.165) is 41.4 Å². The molecular weight excluding hydrogens is 419 g/mol. The predicted molar refractivity (Wildman–Crippen MR) is 122 cm³/mol. The van der Waals surface area contributed by atoms with Crippen LogP contribution in [0.15, 0.2) is 54.7 Å². The molecule has 154 valence electrons. The summed E-state index contributed by atoms with van der Waals surface area (Å²) in [5, 5.41) is 1.29. The van der Waals surface area contributed by atoms with Crippen LogP contribution in [0.3, 0.4) is 0 Å². The number of carbonyl (C=O) groups is 1. The summed E-state index contributed by atoms with van der Waals surface area (Å²) < 4.78 is 0. The van der Waals surface area contributed by atoms with Gasteiger partial charge in [0.05, 0.1) is 16.9 Å². The third-order valence-electron chi connectivity index (χ3n) is 5.27. The molecule has 2 aromatic carbocycles. The van der Waals surface area contributed by atoms with E-state index >= 15 is 0 Å². The van der Waals surface area contributed by atoms with Gasteiger partial charge in [-0.2, -0.15) is 0 Å². The lowest BCUT2D eigenvalue weighted by atomic mass is 10.0. The largest absolute Gasteiger partial charge is 0.352 e. The van der Waals surface area contributed by atoms with Crippen LogP contribution in [0.2, 0.25) is 10.0 Å². The minimum atomic E-state index is 0.190. The monoisotopic (exact) mass is 440 g/mol. The second kappa shape index (κ2) is 9.02. The van der Waals surface area contributed by atoms with Crippen LogP contribution >= 0.6 is 23.2 Å². The summed E-state index contributed by atoms with van der Waals surface area (Å²) in [7, 11) is 0. The summed E-state index contributed by atoms with van der Waals surface area (Å²) in [5.74, 6) is 0.974. The standard InChI is InChI=1S/C23H22Cl2N4O/c1-2-21(30)29-13-11-28(12-14-29)20-15-26-22(16-7-9-17(24)10-8-16)23(27-20)18-5-3-4-6-19(18)25/h3-10,15H,2,11-14H2,1H3. The average Bonchev–Trinajstić information content (AvgIpc) is 2.79. The predicted octanol–water partition coefficient (Wildman–Crippen LogP) is 5.18. The van der Waals surface area contributed by atoms with E-state index in [1.165, 1.54) is 0 Å². The van der Waals surface area contributed by atoms with Crippen LogP contribution in [0.25, 0.3) is 22.5 Å². The molecule has 1 aromatic heterocycles. The van der Waals surface area contributed by atoms with Gasteiger partial charge in [0.25, 0.3) is 0 Å². The van der Waals surface area contributed by atoms with Crippen LogP contribution in [-0.2, 0) is 4.79 Å². The van der Waals surface area contributed by atoms with Gasteiger partial charge < -0.3 is 9.80 Å². The number of anilines is 1. The van der Waals surface area contributed by atoms with Crippen LogP contribution in [0.5, 0.6) is 0 Å². The molecule has 7 heteroatoms. The number of aromatic nitrogens is 2. The number of nitrogens with zero attached hydrogens (tertiary/aromatic N) is 4. The Labute approximate surface area is 186 Å². The smallest absolute Gasteiger partial charge is 0.222 e. The molecule has 30 heavy (non-hydrogen) atoms. The number of hydrogen-bond donors (Lipinski definition) is 0. The second-order valence-corrected chi connectivity index (χ2v) is 7.98. The Balaban J connectivity index is 1.71. The number of carbonyl (C=O) groups excluding carboxylic acids is 1. The highest BCUT2D eigenvalue weighted by atomic mass is 35.5. The highest BCUT2D eigenvalue weighted by Gasteiger charge is 2.23. The third-order valence-corrected chi connectivity index (χ3v) is 5.85. The Bertz CT molecular complexity index is 1050. The normalized spacial score (nSPS) is 14.1. The molecule has 1 fully saturated rings. The molecule has 0 saturated carbocycles. The zero-order valence-corrected chi connectivity index (χ0v) is 18.2. The molecule has 1 aliphatic heterocycles. The van der Waals surface area contributed by atoms with Crippen molar-refractivity contribution in [2.24, 2.45) is 0 Å². The Morgan fingerprint density at radius 3 is 2.33 bits per heavy atom. The van der Waals surface area contributed by atoms with E-state index in [4.69, 9.17) is 33.2 Å². The van der Waals surface area contributed by atoms with Gasteiger partial charge in [0, 0.05) is 48.7 Å². The minimum Gasteiger partial charge on any atom is -0.352 e. The Morgan fingerprint density at radius 1 is 0.967 bits per heavy atom. The molecule has 4 rings (SSSR count). The zero-order chi connectivity index (χ0) is 21.1. The second-order valence-electron chi connectivity index (χ2n) is 7.13. The Morgan fingerprint density at radius 2 is 1.67 bits per heavy atom. The summed E-state index contributed by atoms with van der Waals surface area (Å²) in [6, 6.07) is 15.2. The van der Waals surface area contributed by atoms with Gasteiger partial charge in [-0.3, -0.25) is 9.78 Å². The molecule has 0 aliphatic carbocycles. The van der Waals surface area contributed by atoms with Crippen molar-refractivity contribution in [2.75, 3.05) is 31.1 Å². The summed E-state index contributed by atoms with van der Waals surface area (Å²) in [4.78, 5) is 25.8. The maximum Gasteiger partial charge on any atom is 0.222 e. The van der Waals surface area contributed by atoms with E-state index in [2.05, 4.69) is 4.90 Å². The van der Waals surface area contributed by atoms with Gasteiger partial charge in [-0.15, -0.1) is 0 Å². The maximum atomic E-state index is 12.0. The fourth-order valence-electron chi connectivity index (χ4n) is 3.60. The van der Waals surface area contributed by atoms with E-state index < -0.39 is 0 Å². The van der Waals surface area contributed by atoms with Crippen molar-refractivity contribution < 1.29 is 4.79 Å². The average molecular weight is 441 g/mol. The Kier molecular flexibility index (Phi) is 6.21. The number of benzene rings is 2. The van der Waals surface area contributed by atoms with E-state index in [1.807, 2.05) is 60.4 Å². The topological polar surface area (TPSA) is 49.3 Å². The molecule has 1 amide bonds. The minimum absolute atomic E-state index is 0.190.